The summed E-state index contributed by atoms with van der Waals surface area (Å²) in [6.07, 6.45) is 4.82. The van der Waals surface area contributed by atoms with Crippen molar-refractivity contribution in [2.75, 3.05) is 6.61 Å². The summed E-state index contributed by atoms with van der Waals surface area (Å²) in [7, 11) is -8.02. The molecule has 0 N–H and O–H groups in total. The van der Waals surface area contributed by atoms with Crippen molar-refractivity contribution in [2.45, 2.75) is 228 Å². The summed E-state index contributed by atoms with van der Waals surface area (Å²) in [5.41, 5.74) is 2.40. The third kappa shape index (κ3) is 18.1. The van der Waals surface area contributed by atoms with E-state index in [1.807, 2.05) is 27.7 Å². The minimum Gasteiger partial charge on any atom is -0.466 e. The van der Waals surface area contributed by atoms with Crippen LogP contribution in [0.3, 0.4) is 0 Å². The minimum atomic E-state index is -2.40. The summed E-state index contributed by atoms with van der Waals surface area (Å²) in [5.74, 6) is 6.06. The van der Waals surface area contributed by atoms with Crippen LogP contribution in [-0.2, 0) is 27.6 Å². The number of rotatable bonds is 24. The highest BCUT2D eigenvalue weighted by Crippen LogP contribution is 2.44. The Labute approximate surface area is 390 Å². The largest absolute Gasteiger partial charge is 0.466 e. The number of aryl methyl sites for hydroxylation is 1. The molecule has 12 heteroatoms. The van der Waals surface area contributed by atoms with Crippen molar-refractivity contribution in [2.24, 2.45) is 17.3 Å². The van der Waals surface area contributed by atoms with E-state index in [1.165, 1.54) is 11.1 Å². The SMILES string of the molecule is CC[Si](CC)(CC)O[C@@H](C/C=C(/C)CC#C[C@H](C)[C@H](O[Si](C)(C)C(C)(C)C)[C@@H](C)C(=O)C(C)(C)[C@H](CC(=O)OCC[Si](C)(C)C)O[Si](C)(C)C(C)(C)C)/C(C)=C/c1csc(C)n1. The van der Waals surface area contributed by atoms with Crippen molar-refractivity contribution in [1.82, 2.24) is 4.98 Å². The quantitative estimate of drug-likeness (QED) is 0.0442. The van der Waals surface area contributed by atoms with Gasteiger partial charge in [0.15, 0.2) is 25.0 Å². The number of thiazole rings is 1. The van der Waals surface area contributed by atoms with E-state index < -0.39 is 56.6 Å². The van der Waals surface area contributed by atoms with Crippen molar-refractivity contribution in [3.63, 3.8) is 0 Å². The minimum absolute atomic E-state index is 0.0145. The Hall–Kier alpha value is -1.44. The Bertz CT molecular complexity index is 1700. The lowest BCUT2D eigenvalue weighted by Crippen LogP contribution is -2.54. The van der Waals surface area contributed by atoms with Gasteiger partial charge >= 0.3 is 5.97 Å². The molecule has 0 bridgehead atoms. The average molecular weight is 949 g/mol. The normalized spacial score (nSPS) is 16.6. The number of aromatic nitrogens is 1. The zero-order valence-corrected chi connectivity index (χ0v) is 48.9. The standard InChI is InChI=1S/C50H93NO6SSi4/c1-24-62(25-2,26-3)55-43(39(6)34-42-36-58-41(8)51-42)31-30-37(4)28-27-29-38(5)46(57-61(22,23)49(12,13)14)40(7)47(53)50(15,16)44(56-60(20,21)48(9,10)11)35-45(52)54-32-33-59(17,18)19/h30,34,36,38,40,43-44,46H,24-26,28,31-33,35H2,1-23H3/b37-30-,39-34+/t38-,40+,43-,44-,46-/m0/s1. The van der Waals surface area contributed by atoms with Crippen LogP contribution < -0.4 is 0 Å². The molecule has 0 saturated carbocycles. The molecule has 0 aliphatic heterocycles. The zero-order valence-electron chi connectivity index (χ0n) is 44.1. The van der Waals surface area contributed by atoms with Gasteiger partial charge < -0.3 is 18.0 Å². The van der Waals surface area contributed by atoms with Gasteiger partial charge in [-0.15, -0.1) is 11.3 Å². The van der Waals surface area contributed by atoms with Crippen LogP contribution in [0.1, 0.15) is 134 Å². The third-order valence-corrected chi connectivity index (χ3v) is 30.1. The first-order valence-corrected chi connectivity index (χ1v) is 36.5. The molecule has 7 nitrogen and oxygen atoms in total. The number of hydrogen-bond acceptors (Lipinski definition) is 8. The van der Waals surface area contributed by atoms with Gasteiger partial charge in [0.2, 0.25) is 0 Å². The van der Waals surface area contributed by atoms with Crippen molar-refractivity contribution in [3.8, 4) is 11.8 Å². The summed E-state index contributed by atoms with van der Waals surface area (Å²) >= 11 is 1.67. The van der Waals surface area contributed by atoms with E-state index in [1.54, 1.807) is 11.3 Å². The molecule has 5 atom stereocenters. The smallest absolute Gasteiger partial charge is 0.308 e. The second-order valence-corrected chi connectivity index (χ2v) is 43.8. The zero-order chi connectivity index (χ0) is 48.3. The number of carbonyl (C=O) groups is 2. The molecule has 0 fully saturated rings. The Morgan fingerprint density at radius 3 is 1.84 bits per heavy atom. The average Bonchev–Trinajstić information content (AvgIpc) is 3.55. The molecule has 0 aromatic carbocycles. The summed E-state index contributed by atoms with van der Waals surface area (Å²) in [6.45, 7) is 50.5. The summed E-state index contributed by atoms with van der Waals surface area (Å²) in [6, 6.07) is 4.18. The van der Waals surface area contributed by atoms with Gasteiger partial charge in [-0.1, -0.05) is 126 Å². The molecule has 356 valence electrons. The van der Waals surface area contributed by atoms with E-state index in [2.05, 4.69) is 158 Å². The molecule has 0 unspecified atom stereocenters. The van der Waals surface area contributed by atoms with Crippen LogP contribution in [0.4, 0.5) is 0 Å². The van der Waals surface area contributed by atoms with Crippen molar-refractivity contribution in [3.05, 3.63) is 33.3 Å². The van der Waals surface area contributed by atoms with E-state index in [4.69, 9.17) is 23.0 Å². The molecule has 0 radical (unpaired) electrons. The Morgan fingerprint density at radius 1 is 0.839 bits per heavy atom. The number of esters is 1. The van der Waals surface area contributed by atoms with Crippen LogP contribution in [0, 0.1) is 36.0 Å². The molecule has 1 rings (SSSR count). The molecule has 1 heterocycles. The van der Waals surface area contributed by atoms with Gasteiger partial charge in [0.1, 0.15) is 5.78 Å². The number of carbonyl (C=O) groups excluding carboxylic acids is 2. The van der Waals surface area contributed by atoms with E-state index in [0.29, 0.717) is 13.0 Å². The van der Waals surface area contributed by atoms with Gasteiger partial charge in [-0.2, -0.15) is 0 Å². The van der Waals surface area contributed by atoms with E-state index >= 15 is 4.79 Å². The molecular weight excluding hydrogens is 855 g/mol. The molecule has 0 spiro atoms. The van der Waals surface area contributed by atoms with Crippen molar-refractivity contribution in [1.29, 1.82) is 0 Å². The van der Waals surface area contributed by atoms with Crippen LogP contribution in [0.2, 0.25) is 80.1 Å². The summed E-state index contributed by atoms with van der Waals surface area (Å²) < 4.78 is 27.1. The van der Waals surface area contributed by atoms with Crippen LogP contribution in [0.5, 0.6) is 0 Å². The predicted octanol–water partition coefficient (Wildman–Crippen LogP) is 14.9. The third-order valence-electron chi connectivity index (χ3n) is 14.0. The lowest BCUT2D eigenvalue weighted by atomic mass is 9.73. The number of ether oxygens (including phenoxy) is 1. The topological polar surface area (TPSA) is 84.0 Å². The summed E-state index contributed by atoms with van der Waals surface area (Å²) in [5, 5.41) is 3.00. The lowest BCUT2D eigenvalue weighted by molar-refractivity contribution is -0.150. The Kier molecular flexibility index (Phi) is 22.5. The van der Waals surface area contributed by atoms with E-state index in [-0.39, 0.29) is 40.3 Å². The van der Waals surface area contributed by atoms with Crippen molar-refractivity contribution >= 4 is 62.2 Å². The first kappa shape index (κ1) is 58.6. The molecule has 0 amide bonds. The first-order chi connectivity index (χ1) is 28.1. The Balaban J connectivity index is 3.58. The monoisotopic (exact) mass is 948 g/mol. The number of ketones is 1. The summed E-state index contributed by atoms with van der Waals surface area (Å²) in [4.78, 5) is 33.3. The molecule has 0 saturated heterocycles. The highest BCUT2D eigenvalue weighted by Gasteiger charge is 2.50. The van der Waals surface area contributed by atoms with E-state index in [0.717, 1.165) is 41.3 Å². The van der Waals surface area contributed by atoms with Gasteiger partial charge in [-0.05, 0) is 106 Å². The van der Waals surface area contributed by atoms with Crippen LogP contribution in [0.15, 0.2) is 22.6 Å². The second kappa shape index (κ2) is 23.8. The number of Topliss-reactive ketones (excluding diaryl/α,β-unsaturated/α-hetero) is 1. The number of allylic oxidation sites excluding steroid dienone is 1. The molecule has 0 aliphatic rings. The number of hydrogen-bond donors (Lipinski definition) is 0. The highest BCUT2D eigenvalue weighted by atomic mass is 32.1. The molecule has 1 aromatic rings. The maximum absolute atomic E-state index is 15.1. The number of nitrogens with zero attached hydrogens (tertiary/aromatic N) is 1. The Morgan fingerprint density at radius 2 is 1.37 bits per heavy atom. The van der Waals surface area contributed by atoms with Gasteiger partial charge in [-0.25, -0.2) is 4.98 Å². The fourth-order valence-electron chi connectivity index (χ4n) is 6.92. The van der Waals surface area contributed by atoms with Crippen LogP contribution in [-0.4, -0.2) is 74.7 Å². The molecule has 1 aromatic heterocycles. The second-order valence-electron chi connectivity index (χ2n) is 22.9. The van der Waals surface area contributed by atoms with Gasteiger partial charge in [0.25, 0.3) is 0 Å². The van der Waals surface area contributed by atoms with Gasteiger partial charge in [0, 0.05) is 37.1 Å². The first-order valence-electron chi connectivity index (χ1n) is 23.6. The molecule has 62 heavy (non-hydrogen) atoms. The molecule has 0 aliphatic carbocycles. The molecular formula is C50H93NO6SSi4. The van der Waals surface area contributed by atoms with Gasteiger partial charge in [-0.3, -0.25) is 9.59 Å². The van der Waals surface area contributed by atoms with Crippen LogP contribution in [0.25, 0.3) is 6.08 Å². The highest BCUT2D eigenvalue weighted by molar-refractivity contribution is 7.09. The maximum atomic E-state index is 15.1. The lowest BCUT2D eigenvalue weighted by Gasteiger charge is -2.46. The fraction of sp³-hybridized carbons (Fsp3) is 0.780. The van der Waals surface area contributed by atoms with Crippen molar-refractivity contribution < 1.29 is 27.6 Å². The van der Waals surface area contributed by atoms with E-state index in [9.17, 15) is 4.79 Å². The predicted molar refractivity (Wildman–Crippen MR) is 278 cm³/mol. The maximum Gasteiger partial charge on any atom is 0.308 e. The van der Waals surface area contributed by atoms with Gasteiger partial charge in [0.05, 0.1) is 42.0 Å². The fourth-order valence-corrected chi connectivity index (χ4v) is 14.0. The van der Waals surface area contributed by atoms with Crippen LogP contribution >= 0.6 is 11.3 Å².